The van der Waals surface area contributed by atoms with Crippen molar-refractivity contribution in [1.82, 2.24) is 14.9 Å². The lowest BCUT2D eigenvalue weighted by Crippen LogP contribution is -2.43. The summed E-state index contributed by atoms with van der Waals surface area (Å²) in [7, 11) is 0. The fourth-order valence-electron chi connectivity index (χ4n) is 4.51. The fourth-order valence-corrected chi connectivity index (χ4v) is 4.51. The van der Waals surface area contributed by atoms with E-state index in [-0.39, 0.29) is 23.9 Å². The van der Waals surface area contributed by atoms with Gasteiger partial charge in [-0.1, -0.05) is 32.1 Å². The van der Waals surface area contributed by atoms with Gasteiger partial charge in [0.25, 0.3) is 0 Å². The fraction of sp³-hybridized carbons (Fsp3) is 0.524. The number of nitrogens with zero attached hydrogens (tertiary/aromatic N) is 3. The van der Waals surface area contributed by atoms with Crippen LogP contribution in [0, 0.1) is 11.8 Å². The molecule has 148 valence electrons. The van der Waals surface area contributed by atoms with Crippen molar-refractivity contribution in [2.24, 2.45) is 11.8 Å². The summed E-state index contributed by atoms with van der Waals surface area (Å²) in [4.78, 5) is 35.3. The summed E-state index contributed by atoms with van der Waals surface area (Å²) in [6.07, 6.45) is 14.2. The monoisotopic (exact) mass is 384 g/mol. The normalized spacial score (nSPS) is 23.7. The Morgan fingerprint density at radius 2 is 2.11 bits per heavy atom. The molecule has 0 spiro atoms. The van der Waals surface area contributed by atoms with E-state index in [2.05, 4.69) is 15.3 Å². The first kappa shape index (κ1) is 18.8. The van der Waals surface area contributed by atoms with E-state index in [0.29, 0.717) is 30.3 Å². The van der Waals surface area contributed by atoms with Crippen molar-refractivity contribution in [3.63, 3.8) is 0 Å². The number of allylic oxidation sites excluding steroid dienone is 2. The van der Waals surface area contributed by atoms with Gasteiger partial charge in [-0.3, -0.25) is 14.6 Å². The highest BCUT2D eigenvalue weighted by molar-refractivity contribution is 5.94. The molecule has 1 aromatic rings. The zero-order valence-electron chi connectivity index (χ0n) is 15.8. The third kappa shape index (κ3) is 3.98. The molecular weight excluding hydrogens is 359 g/mol. The van der Waals surface area contributed by atoms with Crippen LogP contribution in [0.5, 0.6) is 0 Å². The molecule has 2 aliphatic carbocycles. The number of carbonyl (C=O) groups is 2. The molecule has 0 bridgehead atoms. The number of rotatable bonds is 5. The maximum absolute atomic E-state index is 14.3. The molecule has 1 N–H and O–H groups in total. The predicted octanol–water partition coefficient (Wildman–Crippen LogP) is 3.40. The number of amides is 1. The molecule has 1 unspecified atom stereocenters. The Balaban J connectivity index is 1.55. The Bertz CT molecular complexity index is 802. The van der Waals surface area contributed by atoms with Crippen molar-refractivity contribution < 1.29 is 14.0 Å². The Morgan fingerprint density at radius 1 is 1.29 bits per heavy atom. The second-order valence-corrected chi connectivity index (χ2v) is 7.89. The lowest BCUT2D eigenvalue weighted by molar-refractivity contribution is -0.124. The number of Topliss-reactive ketones (excluding diaryl/α,β-unsaturated/α-hetero) is 1. The van der Waals surface area contributed by atoms with E-state index in [1.165, 1.54) is 37.7 Å². The number of anilines is 1. The third-order valence-electron chi connectivity index (χ3n) is 6.02. The minimum Gasteiger partial charge on any atom is -0.364 e. The summed E-state index contributed by atoms with van der Waals surface area (Å²) in [5.74, 6) is -0.114. The van der Waals surface area contributed by atoms with E-state index < -0.39 is 12.0 Å². The number of aromatic nitrogens is 2. The molecule has 1 aliphatic heterocycles. The van der Waals surface area contributed by atoms with Gasteiger partial charge in [-0.15, -0.1) is 0 Å². The Kier molecular flexibility index (Phi) is 5.50. The first-order valence-corrected chi connectivity index (χ1v) is 10.0. The van der Waals surface area contributed by atoms with Crippen LogP contribution in [0.15, 0.2) is 42.3 Å². The van der Waals surface area contributed by atoms with E-state index in [0.717, 1.165) is 12.8 Å². The third-order valence-corrected chi connectivity index (χ3v) is 6.02. The minimum absolute atomic E-state index is 0.0147. The van der Waals surface area contributed by atoms with Crippen LogP contribution in [-0.4, -0.2) is 39.1 Å². The SMILES string of the molecule is O=C1CC=C(F)C2=CN([C@@H](CC3CCCCC3)C(=O)Nc3cnccn3)CC12. The van der Waals surface area contributed by atoms with Gasteiger partial charge < -0.3 is 10.2 Å². The van der Waals surface area contributed by atoms with Crippen LogP contribution in [0.4, 0.5) is 10.2 Å². The van der Waals surface area contributed by atoms with Crippen LogP contribution < -0.4 is 5.32 Å². The summed E-state index contributed by atoms with van der Waals surface area (Å²) in [6, 6.07) is -0.455. The number of hydrogen-bond donors (Lipinski definition) is 1. The molecule has 0 aromatic carbocycles. The summed E-state index contributed by atoms with van der Waals surface area (Å²) in [6.45, 7) is 0.362. The Labute approximate surface area is 163 Å². The van der Waals surface area contributed by atoms with Crippen LogP contribution in [-0.2, 0) is 9.59 Å². The zero-order chi connectivity index (χ0) is 19.5. The molecule has 0 saturated heterocycles. The van der Waals surface area contributed by atoms with Gasteiger partial charge in [0.1, 0.15) is 17.7 Å². The topological polar surface area (TPSA) is 75.2 Å². The number of hydrogen-bond acceptors (Lipinski definition) is 5. The molecular formula is C21H25FN4O2. The summed E-state index contributed by atoms with van der Waals surface area (Å²) < 4.78 is 14.3. The van der Waals surface area contributed by atoms with Gasteiger partial charge in [-0.05, 0) is 18.4 Å². The van der Waals surface area contributed by atoms with E-state index >= 15 is 0 Å². The van der Waals surface area contributed by atoms with Gasteiger partial charge in [0.05, 0.1) is 12.1 Å². The van der Waals surface area contributed by atoms with Gasteiger partial charge in [0.15, 0.2) is 5.82 Å². The molecule has 28 heavy (non-hydrogen) atoms. The van der Waals surface area contributed by atoms with Crippen LogP contribution in [0.1, 0.15) is 44.9 Å². The summed E-state index contributed by atoms with van der Waals surface area (Å²) in [5, 5.41) is 2.84. The van der Waals surface area contributed by atoms with Crippen molar-refractivity contribution in [2.45, 2.75) is 51.0 Å². The van der Waals surface area contributed by atoms with Crippen molar-refractivity contribution in [2.75, 3.05) is 11.9 Å². The van der Waals surface area contributed by atoms with Crippen molar-refractivity contribution in [3.8, 4) is 0 Å². The second kappa shape index (κ2) is 8.20. The first-order valence-electron chi connectivity index (χ1n) is 10.0. The highest BCUT2D eigenvalue weighted by Gasteiger charge is 2.39. The van der Waals surface area contributed by atoms with E-state index in [9.17, 15) is 14.0 Å². The zero-order valence-corrected chi connectivity index (χ0v) is 15.8. The molecule has 2 atom stereocenters. The maximum Gasteiger partial charge on any atom is 0.248 e. The predicted molar refractivity (Wildman–Crippen MR) is 103 cm³/mol. The summed E-state index contributed by atoms with van der Waals surface area (Å²) in [5.41, 5.74) is 0.414. The van der Waals surface area contributed by atoms with E-state index in [1.54, 1.807) is 12.4 Å². The average Bonchev–Trinajstić information content (AvgIpc) is 3.17. The number of ketones is 1. The molecule has 0 radical (unpaired) electrons. The van der Waals surface area contributed by atoms with Crippen LogP contribution in [0.3, 0.4) is 0 Å². The average molecular weight is 384 g/mol. The van der Waals surface area contributed by atoms with Gasteiger partial charge >= 0.3 is 0 Å². The highest BCUT2D eigenvalue weighted by atomic mass is 19.1. The van der Waals surface area contributed by atoms with Crippen LogP contribution in [0.2, 0.25) is 0 Å². The van der Waals surface area contributed by atoms with Gasteiger partial charge in [-0.25, -0.2) is 9.37 Å². The number of carbonyl (C=O) groups excluding carboxylic acids is 2. The molecule has 1 fully saturated rings. The molecule has 4 rings (SSSR count). The molecule has 1 amide bonds. The van der Waals surface area contributed by atoms with Crippen LogP contribution >= 0.6 is 0 Å². The van der Waals surface area contributed by atoms with Gasteiger partial charge in [0, 0.05) is 37.1 Å². The Morgan fingerprint density at radius 3 is 2.82 bits per heavy atom. The lowest BCUT2D eigenvalue weighted by atomic mass is 9.84. The first-order chi connectivity index (χ1) is 13.6. The Hall–Kier alpha value is -2.57. The standard InChI is InChI=1S/C21H25FN4O2/c22-17-6-7-19(27)16-13-26(12-15(16)17)18(10-14-4-2-1-3-5-14)21(28)25-20-11-23-8-9-24-20/h6,8-9,11-12,14,16,18H,1-5,7,10,13H2,(H,24,25,28)/t16?,18-/m0/s1. The maximum atomic E-state index is 14.3. The number of nitrogens with one attached hydrogen (secondary N) is 1. The molecule has 1 saturated carbocycles. The van der Waals surface area contributed by atoms with E-state index in [1.807, 2.05) is 4.90 Å². The number of halogens is 1. The van der Waals surface area contributed by atoms with Crippen molar-refractivity contribution in [1.29, 1.82) is 0 Å². The van der Waals surface area contributed by atoms with Gasteiger partial charge in [-0.2, -0.15) is 0 Å². The molecule has 1 aromatic heterocycles. The molecule has 6 nitrogen and oxygen atoms in total. The number of fused-ring (bicyclic) bond motifs is 1. The lowest BCUT2D eigenvalue weighted by Gasteiger charge is -2.32. The van der Waals surface area contributed by atoms with Crippen molar-refractivity contribution >= 4 is 17.5 Å². The minimum atomic E-state index is -0.469. The smallest absolute Gasteiger partial charge is 0.248 e. The van der Waals surface area contributed by atoms with Gasteiger partial charge in [0.2, 0.25) is 5.91 Å². The molecule has 2 heterocycles. The van der Waals surface area contributed by atoms with Crippen molar-refractivity contribution in [3.05, 3.63) is 42.3 Å². The highest BCUT2D eigenvalue weighted by Crippen LogP contribution is 2.37. The second-order valence-electron chi connectivity index (χ2n) is 7.89. The molecule has 7 heteroatoms. The summed E-state index contributed by atoms with van der Waals surface area (Å²) >= 11 is 0. The quantitative estimate of drug-likeness (QED) is 0.842. The molecule has 3 aliphatic rings. The largest absolute Gasteiger partial charge is 0.364 e. The van der Waals surface area contributed by atoms with E-state index in [4.69, 9.17) is 0 Å². The van der Waals surface area contributed by atoms with Crippen LogP contribution in [0.25, 0.3) is 0 Å².